The lowest BCUT2D eigenvalue weighted by Crippen LogP contribution is -2.51. The second-order valence-electron chi connectivity index (χ2n) is 7.04. The third-order valence-electron chi connectivity index (χ3n) is 5.11. The maximum Gasteiger partial charge on any atom is 0.228 e. The largest absolute Gasteiger partial charge is 0.323 e. The Morgan fingerprint density at radius 2 is 1.88 bits per heavy atom. The fourth-order valence-electron chi connectivity index (χ4n) is 3.73. The summed E-state index contributed by atoms with van der Waals surface area (Å²) in [4.78, 5) is 12.5. The Morgan fingerprint density at radius 1 is 1.23 bits per heavy atom. The standard InChI is InChI=1S/C17H25FN4O3S/c1-11-16(12(2)21-20-11)26(24,25)22-9-5-6-13(10-22)17(23)19-15-8-4-3-7-14(15)18/h3-4,7-8,11-13,16,20-21H,5-6,9-10H2,1-2H3,(H,19,23). The van der Waals surface area contributed by atoms with Gasteiger partial charge >= 0.3 is 0 Å². The molecule has 0 aromatic heterocycles. The van der Waals surface area contributed by atoms with Gasteiger partial charge in [-0.2, -0.15) is 0 Å². The second kappa shape index (κ2) is 7.59. The number of hydrazine groups is 1. The number of halogens is 1. The van der Waals surface area contributed by atoms with Crippen molar-refractivity contribution in [2.24, 2.45) is 5.92 Å². The molecule has 0 spiro atoms. The lowest BCUT2D eigenvalue weighted by atomic mass is 9.98. The van der Waals surface area contributed by atoms with Crippen LogP contribution in [0.1, 0.15) is 26.7 Å². The predicted molar refractivity (Wildman–Crippen MR) is 97.2 cm³/mol. The van der Waals surface area contributed by atoms with Crippen molar-refractivity contribution in [2.45, 2.75) is 44.0 Å². The van der Waals surface area contributed by atoms with Gasteiger partial charge in [0, 0.05) is 25.2 Å². The van der Waals surface area contributed by atoms with Crippen molar-refractivity contribution >= 4 is 21.6 Å². The van der Waals surface area contributed by atoms with Gasteiger partial charge in [-0.15, -0.1) is 0 Å². The fraction of sp³-hybridized carbons (Fsp3) is 0.588. The fourth-order valence-corrected chi connectivity index (χ4v) is 6.02. The molecule has 144 valence electrons. The summed E-state index contributed by atoms with van der Waals surface area (Å²) in [5, 5.41) is 1.99. The molecule has 3 unspecified atom stereocenters. The van der Waals surface area contributed by atoms with E-state index < -0.39 is 27.0 Å². The minimum absolute atomic E-state index is 0.115. The van der Waals surface area contributed by atoms with E-state index in [4.69, 9.17) is 0 Å². The highest BCUT2D eigenvalue weighted by atomic mass is 32.2. The SMILES string of the molecule is CC1NNC(C)C1S(=O)(=O)N1CCCC(C(=O)Nc2ccccc2F)C1. The summed E-state index contributed by atoms with van der Waals surface area (Å²) >= 11 is 0. The summed E-state index contributed by atoms with van der Waals surface area (Å²) in [6, 6.07) is 5.51. The maximum atomic E-state index is 13.7. The number of benzene rings is 1. The molecule has 0 radical (unpaired) electrons. The maximum absolute atomic E-state index is 13.7. The summed E-state index contributed by atoms with van der Waals surface area (Å²) in [7, 11) is -3.55. The number of carbonyl (C=O) groups is 1. The number of nitrogens with one attached hydrogen (secondary N) is 3. The molecule has 9 heteroatoms. The van der Waals surface area contributed by atoms with E-state index in [0.717, 1.165) is 0 Å². The monoisotopic (exact) mass is 384 g/mol. The van der Waals surface area contributed by atoms with Crippen LogP contribution in [0.4, 0.5) is 10.1 Å². The molecule has 0 bridgehead atoms. The lowest BCUT2D eigenvalue weighted by molar-refractivity contribution is -0.120. The molecule has 2 aliphatic rings. The molecule has 1 aromatic carbocycles. The van der Waals surface area contributed by atoms with E-state index in [1.54, 1.807) is 12.1 Å². The summed E-state index contributed by atoms with van der Waals surface area (Å²) in [6.45, 7) is 4.18. The zero-order chi connectivity index (χ0) is 18.9. The first-order valence-corrected chi connectivity index (χ1v) is 10.4. The van der Waals surface area contributed by atoms with Gasteiger partial charge in [-0.1, -0.05) is 12.1 Å². The number of hydrogen-bond donors (Lipinski definition) is 3. The smallest absolute Gasteiger partial charge is 0.228 e. The van der Waals surface area contributed by atoms with E-state index in [9.17, 15) is 17.6 Å². The third-order valence-corrected chi connectivity index (χ3v) is 7.67. The van der Waals surface area contributed by atoms with Crippen molar-refractivity contribution in [3.05, 3.63) is 30.1 Å². The minimum atomic E-state index is -3.55. The molecule has 0 saturated carbocycles. The van der Waals surface area contributed by atoms with Crippen molar-refractivity contribution in [1.82, 2.24) is 15.2 Å². The quantitative estimate of drug-likeness (QED) is 0.722. The number of piperidine rings is 1. The van der Waals surface area contributed by atoms with Crippen molar-refractivity contribution in [1.29, 1.82) is 0 Å². The van der Waals surface area contributed by atoms with Crippen molar-refractivity contribution in [3.63, 3.8) is 0 Å². The molecule has 2 aliphatic heterocycles. The van der Waals surface area contributed by atoms with Crippen LogP contribution in [0.2, 0.25) is 0 Å². The molecule has 3 rings (SSSR count). The van der Waals surface area contributed by atoms with E-state index in [2.05, 4.69) is 16.2 Å². The molecule has 1 aromatic rings. The Bertz CT molecular complexity index is 763. The van der Waals surface area contributed by atoms with Crippen LogP contribution in [-0.4, -0.2) is 49.1 Å². The summed E-state index contributed by atoms with van der Waals surface area (Å²) in [5.41, 5.74) is 6.04. The number of para-hydroxylation sites is 1. The molecule has 7 nitrogen and oxygen atoms in total. The Labute approximate surface area is 153 Å². The number of rotatable bonds is 4. The Hall–Kier alpha value is -1.55. The van der Waals surface area contributed by atoms with Gasteiger partial charge in [-0.25, -0.2) is 17.1 Å². The van der Waals surface area contributed by atoms with Gasteiger partial charge in [0.05, 0.1) is 11.6 Å². The zero-order valence-corrected chi connectivity index (χ0v) is 15.7. The van der Waals surface area contributed by atoms with Crippen molar-refractivity contribution in [2.75, 3.05) is 18.4 Å². The highest BCUT2D eigenvalue weighted by Crippen LogP contribution is 2.26. The second-order valence-corrected chi connectivity index (χ2v) is 9.13. The van der Waals surface area contributed by atoms with Crippen LogP contribution in [-0.2, 0) is 14.8 Å². The molecule has 0 aliphatic carbocycles. The molecule has 2 saturated heterocycles. The molecule has 26 heavy (non-hydrogen) atoms. The van der Waals surface area contributed by atoms with Crippen molar-refractivity contribution < 1.29 is 17.6 Å². The first-order chi connectivity index (χ1) is 12.3. The molecule has 2 heterocycles. The first kappa shape index (κ1) is 19.2. The summed E-state index contributed by atoms with van der Waals surface area (Å²) < 4.78 is 41.2. The van der Waals surface area contributed by atoms with Crippen LogP contribution >= 0.6 is 0 Å². The van der Waals surface area contributed by atoms with E-state index in [1.165, 1.54) is 16.4 Å². The van der Waals surface area contributed by atoms with Crippen LogP contribution in [0, 0.1) is 11.7 Å². The summed E-state index contributed by atoms with van der Waals surface area (Å²) in [6.07, 6.45) is 1.18. The third kappa shape index (κ3) is 3.75. The van der Waals surface area contributed by atoms with E-state index in [0.29, 0.717) is 19.4 Å². The van der Waals surface area contributed by atoms with Gasteiger partial charge < -0.3 is 5.32 Å². The van der Waals surface area contributed by atoms with E-state index in [-0.39, 0.29) is 30.2 Å². The van der Waals surface area contributed by atoms with Crippen LogP contribution in [0.15, 0.2) is 24.3 Å². The molecular weight excluding hydrogens is 359 g/mol. The first-order valence-electron chi connectivity index (χ1n) is 8.86. The molecule has 2 fully saturated rings. The van der Waals surface area contributed by atoms with Gasteiger partial charge in [-0.05, 0) is 38.8 Å². The number of hydrogen-bond acceptors (Lipinski definition) is 5. The van der Waals surface area contributed by atoms with E-state index >= 15 is 0 Å². The van der Waals surface area contributed by atoms with Gasteiger partial charge in [0.15, 0.2) is 0 Å². The molecular formula is C17H25FN4O3S. The normalized spacial score (nSPS) is 30.3. The average Bonchev–Trinajstić information content (AvgIpc) is 2.96. The van der Waals surface area contributed by atoms with Crippen LogP contribution in [0.25, 0.3) is 0 Å². The Kier molecular flexibility index (Phi) is 5.61. The Morgan fingerprint density at radius 3 is 2.54 bits per heavy atom. The average molecular weight is 384 g/mol. The number of carbonyl (C=O) groups excluding carboxylic acids is 1. The van der Waals surface area contributed by atoms with Crippen molar-refractivity contribution in [3.8, 4) is 0 Å². The minimum Gasteiger partial charge on any atom is -0.323 e. The zero-order valence-electron chi connectivity index (χ0n) is 14.9. The topological polar surface area (TPSA) is 90.5 Å². The lowest BCUT2D eigenvalue weighted by Gasteiger charge is -2.34. The molecule has 1 amide bonds. The number of anilines is 1. The van der Waals surface area contributed by atoms with Crippen LogP contribution < -0.4 is 16.2 Å². The van der Waals surface area contributed by atoms with E-state index in [1.807, 2.05) is 13.8 Å². The van der Waals surface area contributed by atoms with Crippen LogP contribution in [0.3, 0.4) is 0 Å². The summed E-state index contributed by atoms with van der Waals surface area (Å²) in [5.74, 6) is -1.35. The Balaban J connectivity index is 1.71. The van der Waals surface area contributed by atoms with Gasteiger partial charge in [0.25, 0.3) is 0 Å². The molecule has 3 atom stereocenters. The number of amides is 1. The van der Waals surface area contributed by atoms with Gasteiger partial charge in [0.1, 0.15) is 11.1 Å². The highest BCUT2D eigenvalue weighted by Gasteiger charge is 2.45. The van der Waals surface area contributed by atoms with Crippen LogP contribution in [0.5, 0.6) is 0 Å². The van der Waals surface area contributed by atoms with Gasteiger partial charge in [0.2, 0.25) is 15.9 Å². The predicted octanol–water partition coefficient (Wildman–Crippen LogP) is 1.06. The number of nitrogens with zero attached hydrogens (tertiary/aromatic N) is 1. The highest BCUT2D eigenvalue weighted by molar-refractivity contribution is 7.89. The van der Waals surface area contributed by atoms with Gasteiger partial charge in [-0.3, -0.25) is 15.6 Å². The number of sulfonamides is 1. The molecule has 3 N–H and O–H groups in total.